The summed E-state index contributed by atoms with van der Waals surface area (Å²) in [7, 11) is -8.89. The zero-order valence-corrected chi connectivity index (χ0v) is 41.4. The van der Waals surface area contributed by atoms with E-state index in [9.17, 15) is 31.2 Å². The van der Waals surface area contributed by atoms with Crippen LogP contribution in [0.1, 0.15) is 77.9 Å². The SMILES string of the molecule is CCc1cc(C)cc(CC)c1Nc1nc(N(C2=NC3C=CC(S(=O)(=O)O)=CC3S2)c2c(CC)cc(C)cc2CC)cc(C)c1N=Nc1c(C#N)c(C)nn1C1=NC2C=CC(S(=O)(=O)O)=CC2S1. The van der Waals surface area contributed by atoms with Crippen LogP contribution in [0.3, 0.4) is 0 Å². The standard InChI is InChI=1S/C47H50N10O6S4/c1-9-29-17-25(5)18-30(10-2)42(29)52-44-41(53-54-45-35(24-48)28(8)55-57(45)47-50-37-16-14-34(67(61,62)63)23-39(37)65-47)27(7)21-40(51-44)56(43-31(11-3)19-26(6)20-32(43)12-4)46-49-36-15-13-33(66(58,59)60)22-38(36)64-46/h13-23,36-39H,9-12H2,1-8H3,(H,51,52)(H,58,59,60)(H,61,62,63). The molecule has 0 saturated carbocycles. The van der Waals surface area contributed by atoms with E-state index < -0.39 is 42.8 Å². The molecule has 0 amide bonds. The Kier molecular flexibility index (Phi) is 13.4. The molecule has 4 aromatic rings. The van der Waals surface area contributed by atoms with E-state index >= 15 is 0 Å². The molecule has 8 rings (SSSR count). The molecule has 4 aliphatic rings. The third kappa shape index (κ3) is 9.45. The number of rotatable bonds is 12. The zero-order chi connectivity index (χ0) is 48.1. The van der Waals surface area contributed by atoms with Gasteiger partial charge in [0.1, 0.15) is 23.1 Å². The van der Waals surface area contributed by atoms with Gasteiger partial charge >= 0.3 is 0 Å². The highest BCUT2D eigenvalue weighted by atomic mass is 32.2. The average Bonchev–Trinajstić information content (AvgIpc) is 4.00. The summed E-state index contributed by atoms with van der Waals surface area (Å²) in [6, 6.07) is 11.9. The number of benzene rings is 2. The van der Waals surface area contributed by atoms with Crippen LogP contribution in [-0.2, 0) is 45.9 Å². The van der Waals surface area contributed by atoms with Gasteiger partial charge in [-0.05, 0) is 112 Å². The first kappa shape index (κ1) is 47.8. The van der Waals surface area contributed by atoms with Gasteiger partial charge in [-0.25, -0.2) is 4.98 Å². The van der Waals surface area contributed by atoms with Gasteiger partial charge in [-0.2, -0.15) is 31.9 Å². The minimum absolute atomic E-state index is 0.118. The molecular formula is C47H50N10O6S4. The van der Waals surface area contributed by atoms with Crippen molar-refractivity contribution in [2.24, 2.45) is 20.2 Å². The van der Waals surface area contributed by atoms with Crippen molar-refractivity contribution in [2.45, 2.75) is 104 Å². The Morgan fingerprint density at radius 1 is 0.776 bits per heavy atom. The fourth-order valence-electron chi connectivity index (χ4n) is 8.59. The van der Waals surface area contributed by atoms with E-state index in [4.69, 9.17) is 25.2 Å². The number of nitrogens with one attached hydrogen (secondary N) is 1. The van der Waals surface area contributed by atoms with Gasteiger partial charge in [-0.3, -0.25) is 24.0 Å². The molecule has 16 nitrogen and oxygen atoms in total. The number of hydrogen-bond acceptors (Lipinski definition) is 15. The fourth-order valence-corrected chi connectivity index (χ4v) is 12.3. The second-order valence-electron chi connectivity index (χ2n) is 16.5. The lowest BCUT2D eigenvalue weighted by Gasteiger charge is -2.29. The molecule has 0 saturated heterocycles. The quantitative estimate of drug-likeness (QED) is 0.0888. The lowest BCUT2D eigenvalue weighted by Crippen LogP contribution is -2.26. The Hall–Kier alpha value is -5.69. The number of anilines is 4. The van der Waals surface area contributed by atoms with Crippen LogP contribution in [0.25, 0.3) is 0 Å². The molecule has 0 bridgehead atoms. The first-order valence-corrected chi connectivity index (χ1v) is 26.5. The Bertz CT molecular complexity index is 3170. The van der Waals surface area contributed by atoms with Crippen LogP contribution >= 0.6 is 23.5 Å². The molecule has 20 heteroatoms. The minimum Gasteiger partial charge on any atom is -0.338 e. The number of amidine groups is 1. The third-order valence-corrected chi connectivity index (χ3v) is 16.0. The maximum Gasteiger partial charge on any atom is 0.294 e. The minimum atomic E-state index is -4.45. The van der Waals surface area contributed by atoms with Crippen molar-refractivity contribution in [2.75, 3.05) is 10.2 Å². The van der Waals surface area contributed by atoms with E-state index in [2.05, 4.69) is 82.3 Å². The third-order valence-electron chi connectivity index (χ3n) is 11.9. The summed E-state index contributed by atoms with van der Waals surface area (Å²) < 4.78 is 69.5. The van der Waals surface area contributed by atoms with Crippen molar-refractivity contribution in [1.29, 1.82) is 5.26 Å². The molecule has 2 aliphatic carbocycles. The zero-order valence-electron chi connectivity index (χ0n) is 38.2. The summed E-state index contributed by atoms with van der Waals surface area (Å²) in [5, 5.41) is 28.4. The summed E-state index contributed by atoms with van der Waals surface area (Å²) >= 11 is 2.62. The molecule has 348 valence electrons. The predicted molar refractivity (Wildman–Crippen MR) is 268 cm³/mol. The van der Waals surface area contributed by atoms with Crippen molar-refractivity contribution in [3.63, 3.8) is 0 Å². The topological polar surface area (TPSA) is 228 Å². The number of fused-ring (bicyclic) bond motifs is 2. The number of pyridine rings is 1. The van der Waals surface area contributed by atoms with Crippen LogP contribution in [0.15, 0.2) is 96.8 Å². The number of hydrogen-bond donors (Lipinski definition) is 3. The van der Waals surface area contributed by atoms with Crippen LogP contribution in [-0.4, -0.2) is 73.6 Å². The van der Waals surface area contributed by atoms with Crippen LogP contribution in [0.2, 0.25) is 0 Å². The van der Waals surface area contributed by atoms with E-state index in [1.165, 1.54) is 52.5 Å². The van der Waals surface area contributed by atoms with Gasteiger partial charge in [0.2, 0.25) is 0 Å². The molecule has 2 aliphatic heterocycles. The van der Waals surface area contributed by atoms with Crippen LogP contribution in [0, 0.1) is 39.0 Å². The molecule has 4 heterocycles. The fraction of sp³-hybridized carbons (Fsp3) is 0.340. The second-order valence-corrected chi connectivity index (χ2v) is 21.7. The molecule has 0 radical (unpaired) electrons. The summed E-state index contributed by atoms with van der Waals surface area (Å²) in [5.74, 6) is 1.02. The molecule has 2 aromatic carbocycles. The number of allylic oxidation sites excluding steroid dienone is 2. The van der Waals surface area contributed by atoms with Gasteiger partial charge < -0.3 is 5.32 Å². The van der Waals surface area contributed by atoms with Crippen molar-refractivity contribution in [3.8, 4) is 6.07 Å². The van der Waals surface area contributed by atoms with Crippen molar-refractivity contribution in [3.05, 3.63) is 127 Å². The van der Waals surface area contributed by atoms with Crippen molar-refractivity contribution in [1.82, 2.24) is 14.8 Å². The van der Waals surface area contributed by atoms with E-state index in [-0.39, 0.29) is 21.2 Å². The van der Waals surface area contributed by atoms with Crippen molar-refractivity contribution < 1.29 is 25.9 Å². The maximum atomic E-state index is 12.2. The predicted octanol–water partition coefficient (Wildman–Crippen LogP) is 10.1. The Balaban J connectivity index is 1.31. The number of nitrogens with zero attached hydrogens (tertiary/aromatic N) is 9. The number of thioether (sulfide) groups is 2. The number of aromatic nitrogens is 3. The van der Waals surface area contributed by atoms with E-state index in [1.54, 1.807) is 19.1 Å². The lowest BCUT2D eigenvalue weighted by atomic mass is 9.98. The molecule has 4 unspecified atom stereocenters. The Morgan fingerprint density at radius 2 is 1.31 bits per heavy atom. The number of nitriles is 1. The van der Waals surface area contributed by atoms with Crippen LogP contribution in [0.4, 0.5) is 34.5 Å². The molecular weight excluding hydrogens is 929 g/mol. The van der Waals surface area contributed by atoms with E-state index in [1.807, 2.05) is 17.9 Å². The van der Waals surface area contributed by atoms with Gasteiger partial charge in [0.05, 0.1) is 43.8 Å². The normalized spacial score (nSPS) is 20.0. The Morgan fingerprint density at radius 3 is 1.85 bits per heavy atom. The second kappa shape index (κ2) is 18.8. The summed E-state index contributed by atoms with van der Waals surface area (Å²) in [6.45, 7) is 16.1. The first-order chi connectivity index (χ1) is 31.8. The number of azo groups is 1. The monoisotopic (exact) mass is 978 g/mol. The van der Waals surface area contributed by atoms with Crippen molar-refractivity contribution >= 4 is 88.6 Å². The number of aryl methyl sites for hydroxylation is 8. The molecule has 67 heavy (non-hydrogen) atoms. The van der Waals surface area contributed by atoms with Crippen LogP contribution in [0.5, 0.6) is 0 Å². The van der Waals surface area contributed by atoms with Gasteiger partial charge in [0, 0.05) is 5.69 Å². The number of aliphatic imine (C=N–C) groups is 2. The molecule has 4 atom stereocenters. The molecule has 3 N–H and O–H groups in total. The highest BCUT2D eigenvalue weighted by Crippen LogP contribution is 2.45. The van der Waals surface area contributed by atoms with Crippen LogP contribution < -0.4 is 10.2 Å². The average molecular weight is 979 g/mol. The maximum absolute atomic E-state index is 12.2. The molecule has 2 aromatic heterocycles. The van der Waals surface area contributed by atoms with E-state index in [0.717, 1.165) is 57.6 Å². The summed E-state index contributed by atoms with van der Waals surface area (Å²) in [5.41, 5.74) is 9.94. The molecule has 0 fully saturated rings. The van der Waals surface area contributed by atoms with E-state index in [0.29, 0.717) is 51.8 Å². The highest BCUT2D eigenvalue weighted by molar-refractivity contribution is 8.15. The highest BCUT2D eigenvalue weighted by Gasteiger charge is 2.38. The van der Waals surface area contributed by atoms with Gasteiger partial charge in [-0.1, -0.05) is 98.8 Å². The summed E-state index contributed by atoms with van der Waals surface area (Å²) in [4.78, 5) is 17.0. The van der Waals surface area contributed by atoms with Gasteiger partial charge in [0.15, 0.2) is 22.0 Å². The largest absolute Gasteiger partial charge is 0.338 e. The first-order valence-electron chi connectivity index (χ1n) is 21.8. The lowest BCUT2D eigenvalue weighted by molar-refractivity contribution is 0.489. The molecule has 0 spiro atoms. The van der Waals surface area contributed by atoms with Gasteiger partial charge in [-0.15, -0.1) is 10.2 Å². The summed E-state index contributed by atoms with van der Waals surface area (Å²) in [6.07, 6.45) is 11.8. The smallest absolute Gasteiger partial charge is 0.294 e. The van der Waals surface area contributed by atoms with Gasteiger partial charge in [0.25, 0.3) is 20.2 Å². The Labute approximate surface area is 399 Å².